The van der Waals surface area contributed by atoms with Crippen LogP contribution >= 0.6 is 11.6 Å². The first kappa shape index (κ1) is 17.1. The molecule has 1 N–H and O–H groups in total. The van der Waals surface area contributed by atoms with Crippen molar-refractivity contribution in [2.75, 3.05) is 26.2 Å². The number of halogens is 2. The molecule has 3 rings (SSSR count). The van der Waals surface area contributed by atoms with Crippen molar-refractivity contribution in [2.24, 2.45) is 0 Å². The van der Waals surface area contributed by atoms with E-state index in [1.807, 2.05) is 0 Å². The third-order valence-electron chi connectivity index (χ3n) is 3.91. The molecular formula is C16H14ClFN4O3. The van der Waals surface area contributed by atoms with Gasteiger partial charge in [-0.2, -0.15) is 5.10 Å². The number of piperazine rings is 1. The Kier molecular flexibility index (Phi) is 4.80. The van der Waals surface area contributed by atoms with Crippen LogP contribution in [0.1, 0.15) is 20.8 Å². The molecule has 9 heteroatoms. The van der Waals surface area contributed by atoms with Crippen LogP contribution in [0.5, 0.6) is 0 Å². The van der Waals surface area contributed by atoms with Crippen LogP contribution in [0.4, 0.5) is 4.39 Å². The van der Waals surface area contributed by atoms with E-state index in [0.29, 0.717) is 0 Å². The quantitative estimate of drug-likeness (QED) is 0.866. The average Bonchev–Trinajstić information content (AvgIpc) is 2.63. The second-order valence-corrected chi connectivity index (χ2v) is 5.95. The van der Waals surface area contributed by atoms with E-state index in [-0.39, 0.29) is 48.4 Å². The van der Waals surface area contributed by atoms with Crippen molar-refractivity contribution in [1.82, 2.24) is 20.0 Å². The fourth-order valence-corrected chi connectivity index (χ4v) is 2.74. The largest absolute Gasteiger partial charge is 0.335 e. The van der Waals surface area contributed by atoms with Crippen molar-refractivity contribution < 1.29 is 14.0 Å². The van der Waals surface area contributed by atoms with Crippen LogP contribution in [-0.4, -0.2) is 58.0 Å². The molecule has 7 nitrogen and oxygen atoms in total. The lowest BCUT2D eigenvalue weighted by Gasteiger charge is -2.34. The van der Waals surface area contributed by atoms with E-state index >= 15 is 0 Å². The number of hydrogen-bond acceptors (Lipinski definition) is 4. The van der Waals surface area contributed by atoms with Crippen LogP contribution in [-0.2, 0) is 0 Å². The maximum atomic E-state index is 13.8. The van der Waals surface area contributed by atoms with Gasteiger partial charge in [-0.3, -0.25) is 14.4 Å². The van der Waals surface area contributed by atoms with Crippen LogP contribution in [0.2, 0.25) is 5.02 Å². The summed E-state index contributed by atoms with van der Waals surface area (Å²) in [5.41, 5.74) is -0.356. The molecule has 1 aromatic heterocycles. The normalized spacial score (nSPS) is 14.5. The highest BCUT2D eigenvalue weighted by molar-refractivity contribution is 6.31. The Morgan fingerprint density at radius 1 is 1.04 bits per heavy atom. The van der Waals surface area contributed by atoms with Crippen LogP contribution < -0.4 is 5.56 Å². The lowest BCUT2D eigenvalue weighted by atomic mass is 10.1. The van der Waals surface area contributed by atoms with E-state index in [0.717, 1.165) is 6.07 Å². The molecule has 2 heterocycles. The van der Waals surface area contributed by atoms with Gasteiger partial charge in [0.05, 0.1) is 5.56 Å². The van der Waals surface area contributed by atoms with Crippen molar-refractivity contribution in [3.05, 3.63) is 62.8 Å². The molecule has 1 aromatic carbocycles. The summed E-state index contributed by atoms with van der Waals surface area (Å²) in [6.45, 7) is 1.10. The number of rotatable bonds is 2. The predicted molar refractivity (Wildman–Crippen MR) is 88.1 cm³/mol. The first-order valence-electron chi connectivity index (χ1n) is 7.55. The van der Waals surface area contributed by atoms with Crippen molar-refractivity contribution in [1.29, 1.82) is 0 Å². The molecule has 0 bridgehead atoms. The molecule has 25 heavy (non-hydrogen) atoms. The number of H-pyrrole nitrogens is 1. The summed E-state index contributed by atoms with van der Waals surface area (Å²) in [5.74, 6) is -1.43. The number of nitrogens with one attached hydrogen (secondary N) is 1. The van der Waals surface area contributed by atoms with Crippen molar-refractivity contribution in [3.8, 4) is 0 Å². The SMILES string of the molecule is O=C(c1ccc(=O)[nH]n1)N1CCN(C(=O)c2cc(Cl)ccc2F)CC1. The van der Waals surface area contributed by atoms with Gasteiger partial charge in [0.2, 0.25) is 0 Å². The van der Waals surface area contributed by atoms with Crippen LogP contribution in [0.25, 0.3) is 0 Å². The number of hydrogen-bond donors (Lipinski definition) is 1. The molecule has 130 valence electrons. The van der Waals surface area contributed by atoms with Crippen LogP contribution in [0.15, 0.2) is 35.1 Å². The Hall–Kier alpha value is -2.74. The van der Waals surface area contributed by atoms with Gasteiger partial charge < -0.3 is 9.80 Å². The molecule has 2 aromatic rings. The fourth-order valence-electron chi connectivity index (χ4n) is 2.57. The summed E-state index contributed by atoms with van der Waals surface area (Å²) in [4.78, 5) is 38.7. The van der Waals surface area contributed by atoms with Gasteiger partial charge in [0.25, 0.3) is 17.4 Å². The highest BCUT2D eigenvalue weighted by atomic mass is 35.5. The lowest BCUT2D eigenvalue weighted by Crippen LogP contribution is -2.51. The molecule has 0 spiro atoms. The Bertz CT molecular complexity index is 857. The van der Waals surface area contributed by atoms with Gasteiger partial charge in [-0.05, 0) is 24.3 Å². The number of aromatic nitrogens is 2. The molecule has 0 atom stereocenters. The Morgan fingerprint density at radius 3 is 2.28 bits per heavy atom. The minimum atomic E-state index is -0.634. The summed E-state index contributed by atoms with van der Waals surface area (Å²) in [6.07, 6.45) is 0. The molecule has 0 aliphatic carbocycles. The van der Waals surface area contributed by atoms with E-state index in [1.54, 1.807) is 0 Å². The van der Waals surface area contributed by atoms with Gasteiger partial charge in [-0.15, -0.1) is 0 Å². The maximum Gasteiger partial charge on any atom is 0.274 e. The minimum Gasteiger partial charge on any atom is -0.335 e. The summed E-state index contributed by atoms with van der Waals surface area (Å²) in [6, 6.07) is 6.39. The zero-order chi connectivity index (χ0) is 18.0. The Balaban J connectivity index is 1.66. The number of carbonyl (C=O) groups is 2. The van der Waals surface area contributed by atoms with Gasteiger partial charge in [0.15, 0.2) is 0 Å². The molecular weight excluding hydrogens is 351 g/mol. The summed E-state index contributed by atoms with van der Waals surface area (Å²) >= 11 is 5.82. The number of aromatic amines is 1. The molecule has 0 radical (unpaired) electrons. The minimum absolute atomic E-state index is 0.0884. The fraction of sp³-hybridized carbons (Fsp3) is 0.250. The van der Waals surface area contributed by atoms with E-state index in [4.69, 9.17) is 11.6 Å². The monoisotopic (exact) mass is 364 g/mol. The van der Waals surface area contributed by atoms with Crippen molar-refractivity contribution in [3.63, 3.8) is 0 Å². The zero-order valence-electron chi connectivity index (χ0n) is 13.0. The molecule has 1 aliphatic rings. The molecule has 0 saturated carbocycles. The molecule has 0 unspecified atom stereocenters. The third kappa shape index (κ3) is 3.69. The predicted octanol–water partition coefficient (Wildman–Crippen LogP) is 1.16. The summed E-state index contributed by atoms with van der Waals surface area (Å²) in [7, 11) is 0. The van der Waals surface area contributed by atoms with Gasteiger partial charge in [0, 0.05) is 37.3 Å². The van der Waals surface area contributed by atoms with Crippen LogP contribution in [0, 0.1) is 5.82 Å². The first-order chi connectivity index (χ1) is 12.0. The van der Waals surface area contributed by atoms with Gasteiger partial charge >= 0.3 is 0 Å². The smallest absolute Gasteiger partial charge is 0.274 e. The van der Waals surface area contributed by atoms with E-state index < -0.39 is 17.3 Å². The summed E-state index contributed by atoms with van der Waals surface area (Å²) < 4.78 is 13.8. The van der Waals surface area contributed by atoms with E-state index in [9.17, 15) is 18.8 Å². The van der Waals surface area contributed by atoms with Gasteiger partial charge in [0.1, 0.15) is 11.5 Å². The summed E-state index contributed by atoms with van der Waals surface area (Å²) in [5, 5.41) is 6.19. The number of benzene rings is 1. The standard InChI is InChI=1S/C16H14ClFN4O3/c17-10-1-2-12(18)11(9-10)15(24)21-5-7-22(8-6-21)16(25)13-3-4-14(23)20-19-13/h1-4,9H,5-8H2,(H,20,23). The lowest BCUT2D eigenvalue weighted by molar-refractivity contribution is 0.0529. The number of amides is 2. The second-order valence-electron chi connectivity index (χ2n) is 5.52. The topological polar surface area (TPSA) is 86.4 Å². The zero-order valence-corrected chi connectivity index (χ0v) is 13.8. The number of carbonyl (C=O) groups excluding carboxylic acids is 2. The molecule has 1 saturated heterocycles. The third-order valence-corrected chi connectivity index (χ3v) is 4.15. The average molecular weight is 365 g/mol. The van der Waals surface area contributed by atoms with E-state index in [2.05, 4.69) is 10.2 Å². The molecule has 2 amide bonds. The molecule has 1 aliphatic heterocycles. The van der Waals surface area contributed by atoms with Crippen molar-refractivity contribution in [2.45, 2.75) is 0 Å². The van der Waals surface area contributed by atoms with Crippen LogP contribution in [0.3, 0.4) is 0 Å². The Morgan fingerprint density at radius 2 is 1.68 bits per heavy atom. The first-order valence-corrected chi connectivity index (χ1v) is 7.93. The highest BCUT2D eigenvalue weighted by Crippen LogP contribution is 2.18. The van der Waals surface area contributed by atoms with Gasteiger partial charge in [-0.1, -0.05) is 11.6 Å². The Labute approximate surface area is 147 Å². The molecule has 1 fully saturated rings. The highest BCUT2D eigenvalue weighted by Gasteiger charge is 2.27. The van der Waals surface area contributed by atoms with E-state index in [1.165, 1.54) is 34.1 Å². The van der Waals surface area contributed by atoms with Crippen molar-refractivity contribution >= 4 is 23.4 Å². The maximum absolute atomic E-state index is 13.8. The van der Waals surface area contributed by atoms with Gasteiger partial charge in [-0.25, -0.2) is 9.49 Å². The second kappa shape index (κ2) is 7.02. The number of nitrogens with zero attached hydrogens (tertiary/aromatic N) is 3.